The number of amides is 1. The summed E-state index contributed by atoms with van der Waals surface area (Å²) in [4.78, 5) is 10.9. The van der Waals surface area contributed by atoms with Crippen molar-refractivity contribution >= 4 is 29.5 Å². The maximum absolute atomic E-state index is 10.9. The molecule has 1 rings (SSSR count). The topological polar surface area (TPSA) is 32.3 Å². The third-order valence-corrected chi connectivity index (χ3v) is 2.04. The van der Waals surface area contributed by atoms with Gasteiger partial charge in [-0.1, -0.05) is 30.3 Å². The number of carbonyl (C=O) groups is 1. The standard InChI is InChI=1S/C9H10Cl2N2O/c1-7(14)12-9(13(10)11)8-5-3-2-4-6-8/h2-6,9H,1H3,(H,12,14)/t9-/m0/s1. The molecule has 1 aromatic carbocycles. The van der Waals surface area contributed by atoms with Crippen LogP contribution in [0.2, 0.25) is 0 Å². The largest absolute Gasteiger partial charge is 0.335 e. The Kier molecular flexibility index (Phi) is 4.20. The second-order valence-corrected chi connectivity index (χ2v) is 3.67. The summed E-state index contributed by atoms with van der Waals surface area (Å²) >= 11 is 11.2. The first kappa shape index (κ1) is 11.3. The molecule has 1 amide bonds. The van der Waals surface area contributed by atoms with Crippen LogP contribution in [0.15, 0.2) is 30.3 Å². The van der Waals surface area contributed by atoms with Crippen LogP contribution in [0, 0.1) is 0 Å². The van der Waals surface area contributed by atoms with E-state index < -0.39 is 6.17 Å². The maximum atomic E-state index is 10.9. The molecule has 1 atom stereocenters. The minimum atomic E-state index is -0.517. The predicted molar refractivity (Wildman–Crippen MR) is 56.5 cm³/mol. The molecule has 0 spiro atoms. The second-order valence-electron chi connectivity index (χ2n) is 2.77. The average Bonchev–Trinajstić information content (AvgIpc) is 2.15. The molecule has 3 nitrogen and oxygen atoms in total. The van der Waals surface area contributed by atoms with Crippen molar-refractivity contribution < 1.29 is 4.79 Å². The lowest BCUT2D eigenvalue weighted by molar-refractivity contribution is -0.120. The van der Waals surface area contributed by atoms with Crippen molar-refractivity contribution in [3.63, 3.8) is 0 Å². The van der Waals surface area contributed by atoms with E-state index in [2.05, 4.69) is 5.32 Å². The molecule has 0 unspecified atom stereocenters. The van der Waals surface area contributed by atoms with Crippen LogP contribution in [-0.4, -0.2) is 9.85 Å². The first-order valence-corrected chi connectivity index (χ1v) is 4.71. The Labute approximate surface area is 92.8 Å². The number of halogens is 2. The quantitative estimate of drug-likeness (QED) is 0.642. The van der Waals surface area contributed by atoms with Crippen molar-refractivity contribution in [1.82, 2.24) is 9.25 Å². The number of benzene rings is 1. The Balaban J connectivity index is 2.83. The maximum Gasteiger partial charge on any atom is 0.218 e. The Hall–Kier alpha value is -0.770. The van der Waals surface area contributed by atoms with Crippen LogP contribution in [0.3, 0.4) is 0 Å². The van der Waals surface area contributed by atoms with Crippen molar-refractivity contribution in [1.29, 1.82) is 0 Å². The van der Waals surface area contributed by atoms with Crippen molar-refractivity contribution in [2.45, 2.75) is 13.1 Å². The van der Waals surface area contributed by atoms with Gasteiger partial charge in [-0.3, -0.25) is 4.79 Å². The Morgan fingerprint density at radius 3 is 2.36 bits per heavy atom. The number of nitrogens with one attached hydrogen (secondary N) is 1. The molecule has 0 saturated heterocycles. The van der Waals surface area contributed by atoms with Crippen LogP contribution in [-0.2, 0) is 4.79 Å². The lowest BCUT2D eigenvalue weighted by Crippen LogP contribution is -2.31. The summed E-state index contributed by atoms with van der Waals surface area (Å²) in [7, 11) is 0. The molecular formula is C9H10Cl2N2O. The fourth-order valence-electron chi connectivity index (χ4n) is 1.07. The van der Waals surface area contributed by atoms with Crippen molar-refractivity contribution in [3.05, 3.63) is 35.9 Å². The van der Waals surface area contributed by atoms with E-state index in [1.54, 1.807) is 0 Å². The number of rotatable bonds is 3. The molecule has 0 heterocycles. The third kappa shape index (κ3) is 3.18. The number of hydrogen-bond donors (Lipinski definition) is 1. The molecule has 76 valence electrons. The van der Waals surface area contributed by atoms with Gasteiger partial charge in [0.25, 0.3) is 0 Å². The smallest absolute Gasteiger partial charge is 0.218 e. The average molecular weight is 233 g/mol. The van der Waals surface area contributed by atoms with Crippen LogP contribution in [0.4, 0.5) is 0 Å². The highest BCUT2D eigenvalue weighted by atomic mass is 35.5. The summed E-state index contributed by atoms with van der Waals surface area (Å²) in [5, 5.41) is 2.62. The molecule has 0 radical (unpaired) electrons. The predicted octanol–water partition coefficient (Wildman–Crippen LogP) is 2.43. The number of hydrogen-bond acceptors (Lipinski definition) is 2. The van der Waals surface area contributed by atoms with Gasteiger partial charge in [0, 0.05) is 6.92 Å². The molecule has 0 aliphatic rings. The van der Waals surface area contributed by atoms with E-state index in [4.69, 9.17) is 23.6 Å². The molecule has 0 aliphatic heterocycles. The number of nitrogens with zero attached hydrogens (tertiary/aromatic N) is 1. The molecule has 5 heteroatoms. The monoisotopic (exact) mass is 232 g/mol. The van der Waals surface area contributed by atoms with Crippen LogP contribution in [0.25, 0.3) is 0 Å². The van der Waals surface area contributed by atoms with Crippen LogP contribution >= 0.6 is 23.6 Å². The summed E-state index contributed by atoms with van der Waals surface area (Å²) in [6.07, 6.45) is -0.517. The van der Waals surface area contributed by atoms with E-state index in [0.29, 0.717) is 0 Å². The lowest BCUT2D eigenvalue weighted by atomic mass is 10.2. The Morgan fingerprint density at radius 1 is 1.36 bits per heavy atom. The molecule has 0 bridgehead atoms. The molecule has 1 N–H and O–H groups in total. The van der Waals surface area contributed by atoms with Gasteiger partial charge in [-0.15, -0.1) is 3.94 Å². The molecule has 0 saturated carbocycles. The zero-order valence-electron chi connectivity index (χ0n) is 7.58. The molecule has 0 fully saturated rings. The molecule has 1 aromatic rings. The molecular weight excluding hydrogens is 223 g/mol. The first-order valence-electron chi connectivity index (χ1n) is 4.04. The van der Waals surface area contributed by atoms with Crippen molar-refractivity contribution in [3.8, 4) is 0 Å². The molecule has 0 aliphatic carbocycles. The number of carbonyl (C=O) groups excluding carboxylic acids is 1. The van der Waals surface area contributed by atoms with E-state index in [1.165, 1.54) is 6.92 Å². The van der Waals surface area contributed by atoms with Crippen LogP contribution in [0.1, 0.15) is 18.7 Å². The lowest BCUT2D eigenvalue weighted by Gasteiger charge is -2.20. The zero-order chi connectivity index (χ0) is 10.6. The third-order valence-electron chi connectivity index (χ3n) is 1.65. The molecule has 14 heavy (non-hydrogen) atoms. The van der Waals surface area contributed by atoms with Gasteiger partial charge >= 0.3 is 0 Å². The van der Waals surface area contributed by atoms with E-state index in [-0.39, 0.29) is 5.91 Å². The van der Waals surface area contributed by atoms with Gasteiger partial charge in [-0.05, 0) is 29.1 Å². The van der Waals surface area contributed by atoms with E-state index in [0.717, 1.165) is 9.50 Å². The normalized spacial score (nSPS) is 12.6. The van der Waals surface area contributed by atoms with Gasteiger partial charge in [0.1, 0.15) is 6.17 Å². The summed E-state index contributed by atoms with van der Waals surface area (Å²) in [6, 6.07) is 9.24. The Bertz CT molecular complexity index is 303. The Morgan fingerprint density at radius 2 is 1.93 bits per heavy atom. The zero-order valence-corrected chi connectivity index (χ0v) is 9.09. The summed E-state index contributed by atoms with van der Waals surface area (Å²) in [5.74, 6) is -0.190. The van der Waals surface area contributed by atoms with Gasteiger partial charge in [0.05, 0.1) is 0 Å². The van der Waals surface area contributed by atoms with Crippen molar-refractivity contribution in [2.75, 3.05) is 0 Å². The van der Waals surface area contributed by atoms with E-state index >= 15 is 0 Å². The van der Waals surface area contributed by atoms with Gasteiger partial charge in [-0.25, -0.2) is 0 Å². The molecule has 0 aromatic heterocycles. The highest BCUT2D eigenvalue weighted by Crippen LogP contribution is 2.21. The first-order chi connectivity index (χ1) is 6.61. The fraction of sp³-hybridized carbons (Fsp3) is 0.222. The summed E-state index contributed by atoms with van der Waals surface area (Å²) in [6.45, 7) is 1.41. The van der Waals surface area contributed by atoms with Crippen LogP contribution < -0.4 is 5.32 Å². The van der Waals surface area contributed by atoms with Gasteiger partial charge in [-0.2, -0.15) is 0 Å². The highest BCUT2D eigenvalue weighted by Gasteiger charge is 2.17. The van der Waals surface area contributed by atoms with Gasteiger partial charge in [0.2, 0.25) is 5.91 Å². The fourth-order valence-corrected chi connectivity index (χ4v) is 1.40. The summed E-state index contributed by atoms with van der Waals surface area (Å²) < 4.78 is 0.913. The van der Waals surface area contributed by atoms with Gasteiger partial charge in [0.15, 0.2) is 0 Å². The van der Waals surface area contributed by atoms with E-state index in [9.17, 15) is 4.79 Å². The SMILES string of the molecule is CC(=O)N[C@H](c1ccccc1)N(Cl)Cl. The van der Waals surface area contributed by atoms with Crippen LogP contribution in [0.5, 0.6) is 0 Å². The summed E-state index contributed by atoms with van der Waals surface area (Å²) in [5.41, 5.74) is 0.827. The highest BCUT2D eigenvalue weighted by molar-refractivity contribution is 6.34. The second kappa shape index (κ2) is 5.20. The van der Waals surface area contributed by atoms with Crippen molar-refractivity contribution in [2.24, 2.45) is 0 Å². The van der Waals surface area contributed by atoms with E-state index in [1.807, 2.05) is 30.3 Å². The minimum Gasteiger partial charge on any atom is -0.335 e. The minimum absolute atomic E-state index is 0.190. The van der Waals surface area contributed by atoms with Gasteiger partial charge < -0.3 is 5.32 Å².